The molecule has 1 fully saturated rings. The van der Waals surface area contributed by atoms with E-state index in [0.717, 1.165) is 12.8 Å². The van der Waals surface area contributed by atoms with E-state index in [1.165, 1.54) is 6.92 Å². The van der Waals surface area contributed by atoms with E-state index < -0.39 is 0 Å². The summed E-state index contributed by atoms with van der Waals surface area (Å²) < 4.78 is 4.83. The molecule has 1 rings (SSSR count). The second-order valence-corrected chi connectivity index (χ2v) is 4.21. The van der Waals surface area contributed by atoms with E-state index in [1.54, 1.807) is 4.90 Å². The minimum Gasteiger partial charge on any atom is -0.447 e. The molecule has 0 bridgehead atoms. The van der Waals surface area contributed by atoms with Gasteiger partial charge in [0.1, 0.15) is 6.61 Å². The van der Waals surface area contributed by atoms with Crippen LogP contribution in [-0.4, -0.2) is 54.9 Å². The molecule has 0 aromatic rings. The zero-order valence-corrected chi connectivity index (χ0v) is 10.1. The molecule has 1 aliphatic rings. The summed E-state index contributed by atoms with van der Waals surface area (Å²) in [6.07, 6.45) is 1.38. The van der Waals surface area contributed by atoms with Gasteiger partial charge in [-0.25, -0.2) is 4.79 Å². The summed E-state index contributed by atoms with van der Waals surface area (Å²) in [6, 6.07) is 0. The maximum atomic E-state index is 11.5. The molecular weight excluding hydrogens is 224 g/mol. The van der Waals surface area contributed by atoms with E-state index in [-0.39, 0.29) is 25.2 Å². The van der Waals surface area contributed by atoms with Gasteiger partial charge in [-0.3, -0.25) is 4.79 Å². The van der Waals surface area contributed by atoms with Crippen molar-refractivity contribution >= 4 is 12.0 Å². The van der Waals surface area contributed by atoms with Gasteiger partial charge in [-0.05, 0) is 18.8 Å². The monoisotopic (exact) mass is 244 g/mol. The smallest absolute Gasteiger partial charge is 0.409 e. The first-order valence-corrected chi connectivity index (χ1v) is 5.90. The number of carbonyl (C=O) groups is 2. The van der Waals surface area contributed by atoms with Gasteiger partial charge in [-0.15, -0.1) is 0 Å². The van der Waals surface area contributed by atoms with Crippen molar-refractivity contribution in [3.63, 3.8) is 0 Å². The Bertz CT molecular complexity index is 262. The van der Waals surface area contributed by atoms with Crippen molar-refractivity contribution < 1.29 is 19.4 Å². The molecule has 2 amide bonds. The molecule has 1 saturated heterocycles. The van der Waals surface area contributed by atoms with Crippen LogP contribution in [0, 0.1) is 5.92 Å². The third-order valence-corrected chi connectivity index (χ3v) is 2.83. The van der Waals surface area contributed by atoms with E-state index >= 15 is 0 Å². The topological polar surface area (TPSA) is 78.9 Å². The first-order chi connectivity index (χ1) is 8.13. The predicted molar refractivity (Wildman–Crippen MR) is 61.4 cm³/mol. The van der Waals surface area contributed by atoms with Crippen molar-refractivity contribution in [2.75, 3.05) is 32.8 Å². The standard InChI is InChI=1S/C11H20N2O4/c1-9(15)12-8-10-2-4-13(5-3-10)11(16)17-7-6-14/h10,14H,2-8H2,1H3,(H,12,15). The van der Waals surface area contributed by atoms with Gasteiger partial charge in [0.25, 0.3) is 0 Å². The van der Waals surface area contributed by atoms with Gasteiger partial charge in [-0.1, -0.05) is 0 Å². The predicted octanol–water partition coefficient (Wildman–Crippen LogP) is -0.0366. The molecule has 6 nitrogen and oxygen atoms in total. The summed E-state index contributed by atoms with van der Waals surface area (Å²) >= 11 is 0. The Morgan fingerprint density at radius 3 is 2.59 bits per heavy atom. The Hall–Kier alpha value is -1.30. The third-order valence-electron chi connectivity index (χ3n) is 2.83. The van der Waals surface area contributed by atoms with Crippen LogP contribution in [0.15, 0.2) is 0 Å². The number of ether oxygens (including phenoxy) is 1. The van der Waals surface area contributed by atoms with E-state index in [4.69, 9.17) is 9.84 Å². The molecule has 0 spiro atoms. The van der Waals surface area contributed by atoms with Crippen molar-refractivity contribution in [1.82, 2.24) is 10.2 Å². The van der Waals surface area contributed by atoms with E-state index in [0.29, 0.717) is 25.6 Å². The number of hydrogen-bond acceptors (Lipinski definition) is 4. The fourth-order valence-electron chi connectivity index (χ4n) is 1.83. The van der Waals surface area contributed by atoms with Crippen LogP contribution in [0.5, 0.6) is 0 Å². The van der Waals surface area contributed by atoms with Crippen molar-refractivity contribution in [3.05, 3.63) is 0 Å². The molecule has 0 aromatic heterocycles. The molecule has 2 N–H and O–H groups in total. The van der Waals surface area contributed by atoms with Gasteiger partial charge in [0.2, 0.25) is 5.91 Å². The molecule has 0 aliphatic carbocycles. The minimum atomic E-state index is -0.364. The molecule has 98 valence electrons. The molecular formula is C11H20N2O4. The molecule has 0 aromatic carbocycles. The van der Waals surface area contributed by atoms with Crippen molar-refractivity contribution in [3.8, 4) is 0 Å². The Balaban J connectivity index is 2.20. The van der Waals surface area contributed by atoms with Crippen LogP contribution < -0.4 is 5.32 Å². The number of rotatable bonds is 4. The lowest BCUT2D eigenvalue weighted by Gasteiger charge is -2.31. The highest BCUT2D eigenvalue weighted by Crippen LogP contribution is 2.16. The Morgan fingerprint density at radius 2 is 2.06 bits per heavy atom. The zero-order chi connectivity index (χ0) is 12.7. The Morgan fingerprint density at radius 1 is 1.41 bits per heavy atom. The number of nitrogens with zero attached hydrogens (tertiary/aromatic N) is 1. The first kappa shape index (κ1) is 13.8. The normalized spacial score (nSPS) is 16.7. The molecule has 0 unspecified atom stereocenters. The van der Waals surface area contributed by atoms with Gasteiger partial charge in [0.05, 0.1) is 6.61 Å². The first-order valence-electron chi connectivity index (χ1n) is 5.90. The van der Waals surface area contributed by atoms with Gasteiger partial charge in [0.15, 0.2) is 0 Å². The summed E-state index contributed by atoms with van der Waals surface area (Å²) in [5.74, 6) is 0.413. The lowest BCUT2D eigenvalue weighted by Crippen LogP contribution is -2.41. The lowest BCUT2D eigenvalue weighted by atomic mass is 9.97. The van der Waals surface area contributed by atoms with E-state index in [2.05, 4.69) is 5.32 Å². The van der Waals surface area contributed by atoms with E-state index in [1.807, 2.05) is 0 Å². The highest BCUT2D eigenvalue weighted by atomic mass is 16.6. The SMILES string of the molecule is CC(=O)NCC1CCN(C(=O)OCCO)CC1. The molecule has 6 heteroatoms. The van der Waals surface area contributed by atoms with Crippen LogP contribution in [0.25, 0.3) is 0 Å². The number of aliphatic hydroxyl groups is 1. The van der Waals surface area contributed by atoms with Crippen molar-refractivity contribution in [1.29, 1.82) is 0 Å². The van der Waals surface area contributed by atoms with Gasteiger partial charge < -0.3 is 20.1 Å². The van der Waals surface area contributed by atoms with Crippen LogP contribution in [0.3, 0.4) is 0 Å². The molecule has 17 heavy (non-hydrogen) atoms. The summed E-state index contributed by atoms with van der Waals surface area (Å²) in [5, 5.41) is 11.3. The second-order valence-electron chi connectivity index (χ2n) is 4.21. The fraction of sp³-hybridized carbons (Fsp3) is 0.818. The van der Waals surface area contributed by atoms with Crippen LogP contribution in [-0.2, 0) is 9.53 Å². The van der Waals surface area contributed by atoms with Gasteiger partial charge in [-0.2, -0.15) is 0 Å². The maximum Gasteiger partial charge on any atom is 0.409 e. The molecule has 0 radical (unpaired) electrons. The highest BCUT2D eigenvalue weighted by molar-refractivity contribution is 5.72. The molecule has 0 atom stereocenters. The fourth-order valence-corrected chi connectivity index (χ4v) is 1.83. The number of aliphatic hydroxyl groups excluding tert-OH is 1. The van der Waals surface area contributed by atoms with Gasteiger partial charge in [0, 0.05) is 26.6 Å². The Kier molecular flexibility index (Phi) is 5.76. The van der Waals surface area contributed by atoms with Crippen LogP contribution in [0.4, 0.5) is 4.79 Å². The summed E-state index contributed by atoms with van der Waals surface area (Å²) in [4.78, 5) is 23.8. The van der Waals surface area contributed by atoms with Crippen molar-refractivity contribution in [2.24, 2.45) is 5.92 Å². The second kappa shape index (κ2) is 7.11. The average Bonchev–Trinajstić information content (AvgIpc) is 2.34. The number of hydrogen-bond donors (Lipinski definition) is 2. The third kappa shape index (κ3) is 5.04. The molecule has 1 heterocycles. The minimum absolute atomic E-state index is 0.0187. The van der Waals surface area contributed by atoms with Gasteiger partial charge >= 0.3 is 6.09 Å². The average molecular weight is 244 g/mol. The number of nitrogens with one attached hydrogen (secondary N) is 1. The number of carbonyl (C=O) groups excluding carboxylic acids is 2. The molecule has 0 saturated carbocycles. The summed E-state index contributed by atoms with van der Waals surface area (Å²) in [7, 11) is 0. The number of piperidine rings is 1. The van der Waals surface area contributed by atoms with E-state index in [9.17, 15) is 9.59 Å². The highest BCUT2D eigenvalue weighted by Gasteiger charge is 2.23. The molecule has 1 aliphatic heterocycles. The van der Waals surface area contributed by atoms with Crippen LogP contribution in [0.1, 0.15) is 19.8 Å². The quantitative estimate of drug-likeness (QED) is 0.727. The van der Waals surface area contributed by atoms with Crippen LogP contribution in [0.2, 0.25) is 0 Å². The zero-order valence-electron chi connectivity index (χ0n) is 10.1. The summed E-state index contributed by atoms with van der Waals surface area (Å²) in [5.41, 5.74) is 0. The maximum absolute atomic E-state index is 11.5. The largest absolute Gasteiger partial charge is 0.447 e. The number of amides is 2. The van der Waals surface area contributed by atoms with Crippen LogP contribution >= 0.6 is 0 Å². The Labute approximate surface area is 101 Å². The lowest BCUT2D eigenvalue weighted by molar-refractivity contribution is -0.119. The number of likely N-dealkylation sites (tertiary alicyclic amines) is 1. The summed E-state index contributed by atoms with van der Waals surface area (Å²) in [6.45, 7) is 3.37. The van der Waals surface area contributed by atoms with Crippen molar-refractivity contribution in [2.45, 2.75) is 19.8 Å².